The summed E-state index contributed by atoms with van der Waals surface area (Å²) in [6.07, 6.45) is 1.75. The molecule has 0 amide bonds. The zero-order valence-corrected chi connectivity index (χ0v) is 12.4. The van der Waals surface area contributed by atoms with Gasteiger partial charge in [0.15, 0.2) is 0 Å². The molecule has 0 fully saturated rings. The maximum atomic E-state index is 10.3. The van der Waals surface area contributed by atoms with Gasteiger partial charge < -0.3 is 5.11 Å². The van der Waals surface area contributed by atoms with Gasteiger partial charge in [0.1, 0.15) is 16.5 Å². The highest BCUT2D eigenvalue weighted by molar-refractivity contribution is 7.13. The minimum atomic E-state index is 0.251. The number of hydrogen-bond acceptors (Lipinski definition) is 4. The van der Waals surface area contributed by atoms with E-state index < -0.39 is 0 Å². The third-order valence-corrected chi connectivity index (χ3v) is 4.40. The quantitative estimate of drug-likeness (QED) is 0.582. The van der Waals surface area contributed by atoms with Crippen LogP contribution in [0.25, 0.3) is 32.7 Å². The molecule has 4 rings (SSSR count). The zero-order valence-electron chi connectivity index (χ0n) is 11.6. The van der Waals surface area contributed by atoms with E-state index in [9.17, 15) is 5.11 Å². The molecular weight excluding hydrogens is 292 g/mol. The number of thiazole rings is 1. The first-order valence-corrected chi connectivity index (χ1v) is 7.78. The van der Waals surface area contributed by atoms with Gasteiger partial charge in [-0.3, -0.25) is 4.98 Å². The molecule has 3 nitrogen and oxygen atoms in total. The fourth-order valence-electron chi connectivity index (χ4n) is 2.43. The summed E-state index contributed by atoms with van der Waals surface area (Å²) in [7, 11) is 0. The van der Waals surface area contributed by atoms with E-state index in [1.54, 1.807) is 12.3 Å². The molecule has 0 bridgehead atoms. The van der Waals surface area contributed by atoms with Crippen LogP contribution in [0.2, 0.25) is 0 Å². The Balaban J connectivity index is 1.82. The first-order chi connectivity index (χ1) is 10.8. The lowest BCUT2D eigenvalue weighted by Gasteiger charge is -2.04. The monoisotopic (exact) mass is 304 g/mol. The van der Waals surface area contributed by atoms with Crippen LogP contribution in [-0.4, -0.2) is 15.1 Å². The molecule has 0 atom stereocenters. The van der Waals surface area contributed by atoms with Crippen LogP contribution in [0.15, 0.2) is 66.2 Å². The van der Waals surface area contributed by atoms with Gasteiger partial charge in [0, 0.05) is 11.6 Å². The van der Waals surface area contributed by atoms with Crippen molar-refractivity contribution in [1.82, 2.24) is 9.97 Å². The summed E-state index contributed by atoms with van der Waals surface area (Å²) in [5.41, 5.74) is 2.42. The number of nitrogens with zero attached hydrogens (tertiary/aromatic N) is 2. The molecule has 0 aliphatic rings. The number of aromatic hydroxyl groups is 1. The van der Waals surface area contributed by atoms with Crippen LogP contribution >= 0.6 is 11.3 Å². The molecule has 1 N–H and O–H groups in total. The molecule has 0 spiro atoms. The SMILES string of the molecule is Oc1cc2ccccc2cc1-c1nc(-c2ccccn2)cs1. The summed E-state index contributed by atoms with van der Waals surface area (Å²) >= 11 is 1.51. The van der Waals surface area contributed by atoms with Crippen molar-refractivity contribution in [3.8, 4) is 27.7 Å². The van der Waals surface area contributed by atoms with Crippen LogP contribution in [0.3, 0.4) is 0 Å². The van der Waals surface area contributed by atoms with Crippen LogP contribution < -0.4 is 0 Å². The van der Waals surface area contributed by atoms with Crippen molar-refractivity contribution in [3.63, 3.8) is 0 Å². The lowest BCUT2D eigenvalue weighted by Crippen LogP contribution is -1.83. The minimum Gasteiger partial charge on any atom is -0.507 e. The fourth-order valence-corrected chi connectivity index (χ4v) is 3.27. The van der Waals surface area contributed by atoms with E-state index in [1.165, 1.54) is 11.3 Å². The average Bonchev–Trinajstić information content (AvgIpc) is 3.05. The third-order valence-electron chi connectivity index (χ3n) is 3.53. The second-order valence-electron chi connectivity index (χ2n) is 4.97. The van der Waals surface area contributed by atoms with Crippen molar-refractivity contribution in [1.29, 1.82) is 0 Å². The van der Waals surface area contributed by atoms with E-state index in [4.69, 9.17) is 0 Å². The summed E-state index contributed by atoms with van der Waals surface area (Å²) in [5, 5.41) is 15.2. The Morgan fingerprint density at radius 3 is 2.41 bits per heavy atom. The van der Waals surface area contributed by atoms with Crippen molar-refractivity contribution >= 4 is 22.1 Å². The number of phenolic OH excluding ortho intramolecular Hbond substituents is 1. The van der Waals surface area contributed by atoms with Crippen molar-refractivity contribution in [3.05, 3.63) is 66.2 Å². The molecule has 4 heteroatoms. The number of hydrogen-bond donors (Lipinski definition) is 1. The Hall–Kier alpha value is -2.72. The Bertz CT molecular complexity index is 948. The van der Waals surface area contributed by atoms with Crippen LogP contribution in [-0.2, 0) is 0 Å². The normalized spacial score (nSPS) is 10.9. The lowest BCUT2D eigenvalue weighted by atomic mass is 10.1. The zero-order chi connectivity index (χ0) is 14.9. The second-order valence-corrected chi connectivity index (χ2v) is 5.83. The summed E-state index contributed by atoms with van der Waals surface area (Å²) < 4.78 is 0. The highest BCUT2D eigenvalue weighted by Gasteiger charge is 2.12. The van der Waals surface area contributed by atoms with Gasteiger partial charge in [-0.25, -0.2) is 4.98 Å². The lowest BCUT2D eigenvalue weighted by molar-refractivity contribution is 0.478. The third kappa shape index (κ3) is 2.23. The van der Waals surface area contributed by atoms with E-state index in [2.05, 4.69) is 9.97 Å². The molecular formula is C18H12N2OS. The summed E-state index contributed by atoms with van der Waals surface area (Å²) in [6.45, 7) is 0. The van der Waals surface area contributed by atoms with Gasteiger partial charge in [-0.2, -0.15) is 0 Å². The standard InChI is InChI=1S/C18H12N2OS/c21-17-10-13-6-2-1-5-12(13)9-14(17)18-20-16(11-22-18)15-7-3-4-8-19-15/h1-11,21H. The van der Waals surface area contributed by atoms with E-state index >= 15 is 0 Å². The van der Waals surface area contributed by atoms with Gasteiger partial charge >= 0.3 is 0 Å². The van der Waals surface area contributed by atoms with Crippen LogP contribution in [0.5, 0.6) is 5.75 Å². The molecule has 0 aliphatic carbocycles. The van der Waals surface area contributed by atoms with Crippen LogP contribution in [0.1, 0.15) is 0 Å². The number of pyridine rings is 1. The van der Waals surface area contributed by atoms with Crippen molar-refractivity contribution < 1.29 is 5.11 Å². The van der Waals surface area contributed by atoms with Crippen LogP contribution in [0.4, 0.5) is 0 Å². The first kappa shape index (κ1) is 13.0. The van der Waals surface area contributed by atoms with E-state index in [0.29, 0.717) is 0 Å². The maximum Gasteiger partial charge on any atom is 0.127 e. The molecule has 4 aromatic rings. The van der Waals surface area contributed by atoms with Gasteiger partial charge in [-0.1, -0.05) is 30.3 Å². The maximum absolute atomic E-state index is 10.3. The van der Waals surface area contributed by atoms with Gasteiger partial charge in [0.25, 0.3) is 0 Å². The van der Waals surface area contributed by atoms with Crippen LogP contribution in [0, 0.1) is 0 Å². The number of phenols is 1. The molecule has 2 aromatic heterocycles. The first-order valence-electron chi connectivity index (χ1n) is 6.90. The number of benzene rings is 2. The molecule has 0 aliphatic heterocycles. The smallest absolute Gasteiger partial charge is 0.127 e. The summed E-state index contributed by atoms with van der Waals surface area (Å²) in [5.74, 6) is 0.251. The Labute approximate surface area is 131 Å². The van der Waals surface area contributed by atoms with E-state index in [-0.39, 0.29) is 5.75 Å². The molecule has 0 radical (unpaired) electrons. The molecule has 2 heterocycles. The highest BCUT2D eigenvalue weighted by atomic mass is 32.1. The average molecular weight is 304 g/mol. The molecule has 0 unspecified atom stereocenters. The van der Waals surface area contributed by atoms with Crippen molar-refractivity contribution in [2.75, 3.05) is 0 Å². The summed E-state index contributed by atoms with van der Waals surface area (Å²) in [4.78, 5) is 8.92. The van der Waals surface area contributed by atoms with Gasteiger partial charge in [0.2, 0.25) is 0 Å². The van der Waals surface area contributed by atoms with Gasteiger partial charge in [-0.05, 0) is 35.0 Å². The summed E-state index contributed by atoms with van der Waals surface area (Å²) in [6, 6.07) is 17.5. The van der Waals surface area contributed by atoms with Crippen molar-refractivity contribution in [2.24, 2.45) is 0 Å². The number of rotatable bonds is 2. The molecule has 2 aromatic carbocycles. The van der Waals surface area contributed by atoms with Gasteiger partial charge in [0.05, 0.1) is 11.3 Å². The van der Waals surface area contributed by atoms with Crippen molar-refractivity contribution in [2.45, 2.75) is 0 Å². The molecule has 0 saturated carbocycles. The number of aromatic nitrogens is 2. The topological polar surface area (TPSA) is 46.0 Å². The van der Waals surface area contributed by atoms with Gasteiger partial charge in [-0.15, -0.1) is 11.3 Å². The fraction of sp³-hybridized carbons (Fsp3) is 0. The molecule has 0 saturated heterocycles. The molecule has 22 heavy (non-hydrogen) atoms. The predicted octanol–water partition coefficient (Wildman–Crippen LogP) is 4.73. The highest BCUT2D eigenvalue weighted by Crippen LogP contribution is 2.36. The predicted molar refractivity (Wildman–Crippen MR) is 90.0 cm³/mol. The Morgan fingerprint density at radius 2 is 1.64 bits per heavy atom. The molecule has 106 valence electrons. The largest absolute Gasteiger partial charge is 0.507 e. The van der Waals surface area contributed by atoms with E-state index in [0.717, 1.165) is 32.7 Å². The van der Waals surface area contributed by atoms with E-state index in [1.807, 2.05) is 53.9 Å². The Morgan fingerprint density at radius 1 is 0.864 bits per heavy atom. The minimum absolute atomic E-state index is 0.251. The second kappa shape index (κ2) is 5.24. The Kier molecular flexibility index (Phi) is 3.09. The number of fused-ring (bicyclic) bond motifs is 1.